The Labute approximate surface area is 124 Å². The SMILES string of the molecule is C[C@@H](C(=O)NC1Cc2ccccc2C1O)c1ccccc1. The summed E-state index contributed by atoms with van der Waals surface area (Å²) in [6.07, 6.45) is 0.0676. The van der Waals surface area contributed by atoms with Crippen LogP contribution in [0.3, 0.4) is 0 Å². The van der Waals surface area contributed by atoms with Crippen LogP contribution in [0.5, 0.6) is 0 Å². The quantitative estimate of drug-likeness (QED) is 0.908. The smallest absolute Gasteiger partial charge is 0.227 e. The number of nitrogens with one attached hydrogen (secondary N) is 1. The molecule has 0 saturated heterocycles. The molecule has 0 saturated carbocycles. The van der Waals surface area contributed by atoms with Gasteiger partial charge in [0.15, 0.2) is 0 Å². The zero-order valence-corrected chi connectivity index (χ0v) is 12.0. The summed E-state index contributed by atoms with van der Waals surface area (Å²) in [4.78, 5) is 12.4. The van der Waals surface area contributed by atoms with Crippen LogP contribution in [-0.4, -0.2) is 17.1 Å². The lowest BCUT2D eigenvalue weighted by atomic mass is 10.00. The molecule has 2 unspecified atom stereocenters. The van der Waals surface area contributed by atoms with Crippen LogP contribution in [0.15, 0.2) is 54.6 Å². The van der Waals surface area contributed by atoms with Crippen LogP contribution in [0.1, 0.15) is 35.6 Å². The van der Waals surface area contributed by atoms with Crippen molar-refractivity contribution in [1.82, 2.24) is 5.32 Å². The second kappa shape index (κ2) is 5.70. The lowest BCUT2D eigenvalue weighted by Gasteiger charge is -2.20. The average Bonchev–Trinajstić information content (AvgIpc) is 2.84. The summed E-state index contributed by atoms with van der Waals surface area (Å²) in [6.45, 7) is 1.89. The molecule has 3 nitrogen and oxygen atoms in total. The van der Waals surface area contributed by atoms with Gasteiger partial charge in [-0.2, -0.15) is 0 Å². The van der Waals surface area contributed by atoms with Crippen molar-refractivity contribution in [2.75, 3.05) is 0 Å². The molecule has 1 aliphatic rings. The van der Waals surface area contributed by atoms with Crippen LogP contribution in [0.25, 0.3) is 0 Å². The Morgan fingerprint density at radius 2 is 1.81 bits per heavy atom. The third-order valence-corrected chi connectivity index (χ3v) is 4.22. The highest BCUT2D eigenvalue weighted by atomic mass is 16.3. The Kier molecular flexibility index (Phi) is 3.76. The Morgan fingerprint density at radius 1 is 1.14 bits per heavy atom. The van der Waals surface area contributed by atoms with Gasteiger partial charge in [-0.05, 0) is 30.0 Å². The number of benzene rings is 2. The fourth-order valence-corrected chi connectivity index (χ4v) is 2.90. The van der Waals surface area contributed by atoms with E-state index in [0.717, 1.165) is 16.7 Å². The largest absolute Gasteiger partial charge is 0.386 e. The molecule has 0 fully saturated rings. The maximum absolute atomic E-state index is 12.4. The first kappa shape index (κ1) is 13.8. The molecule has 2 aromatic rings. The number of carbonyl (C=O) groups excluding carboxylic acids is 1. The highest BCUT2D eigenvalue weighted by Gasteiger charge is 2.32. The first-order chi connectivity index (χ1) is 10.2. The second-order valence-corrected chi connectivity index (χ2v) is 5.60. The molecule has 0 bridgehead atoms. The summed E-state index contributed by atoms with van der Waals surface area (Å²) in [6, 6.07) is 17.3. The van der Waals surface area contributed by atoms with E-state index in [1.165, 1.54) is 0 Å². The van der Waals surface area contributed by atoms with E-state index < -0.39 is 6.10 Å². The van der Waals surface area contributed by atoms with E-state index >= 15 is 0 Å². The monoisotopic (exact) mass is 281 g/mol. The van der Waals surface area contributed by atoms with E-state index in [-0.39, 0.29) is 17.9 Å². The fourth-order valence-electron chi connectivity index (χ4n) is 2.90. The zero-order valence-electron chi connectivity index (χ0n) is 12.0. The molecule has 0 heterocycles. The summed E-state index contributed by atoms with van der Waals surface area (Å²) in [7, 11) is 0. The van der Waals surface area contributed by atoms with Crippen molar-refractivity contribution in [3.63, 3.8) is 0 Å². The first-order valence-corrected chi connectivity index (χ1v) is 7.28. The minimum Gasteiger partial charge on any atom is -0.386 e. The van der Waals surface area contributed by atoms with Gasteiger partial charge < -0.3 is 10.4 Å². The van der Waals surface area contributed by atoms with Crippen LogP contribution < -0.4 is 5.32 Å². The van der Waals surface area contributed by atoms with Crippen molar-refractivity contribution < 1.29 is 9.90 Å². The van der Waals surface area contributed by atoms with Crippen LogP contribution in [0, 0.1) is 0 Å². The van der Waals surface area contributed by atoms with Crippen molar-refractivity contribution >= 4 is 5.91 Å². The van der Waals surface area contributed by atoms with Gasteiger partial charge in [-0.3, -0.25) is 4.79 Å². The zero-order chi connectivity index (χ0) is 14.8. The van der Waals surface area contributed by atoms with E-state index in [9.17, 15) is 9.90 Å². The summed E-state index contributed by atoms with van der Waals surface area (Å²) in [5.74, 6) is -0.264. The van der Waals surface area contributed by atoms with E-state index in [2.05, 4.69) is 5.32 Å². The molecule has 3 heteroatoms. The molecule has 0 radical (unpaired) electrons. The minimum absolute atomic E-state index is 0.0435. The maximum Gasteiger partial charge on any atom is 0.227 e. The summed E-state index contributed by atoms with van der Waals surface area (Å²) in [5, 5.41) is 13.3. The summed E-state index contributed by atoms with van der Waals surface area (Å²) >= 11 is 0. The van der Waals surface area contributed by atoms with E-state index in [1.54, 1.807) is 0 Å². The van der Waals surface area contributed by atoms with Crippen molar-refractivity contribution in [3.05, 3.63) is 71.3 Å². The number of fused-ring (bicyclic) bond motifs is 1. The van der Waals surface area contributed by atoms with Crippen LogP contribution in [0.2, 0.25) is 0 Å². The van der Waals surface area contributed by atoms with E-state index in [4.69, 9.17) is 0 Å². The Bertz CT molecular complexity index is 639. The topological polar surface area (TPSA) is 49.3 Å². The Morgan fingerprint density at radius 3 is 2.52 bits per heavy atom. The molecule has 1 aliphatic carbocycles. The number of rotatable bonds is 3. The van der Waals surface area contributed by atoms with Gasteiger partial charge in [0.25, 0.3) is 0 Å². The highest BCUT2D eigenvalue weighted by Crippen LogP contribution is 2.31. The van der Waals surface area contributed by atoms with Gasteiger partial charge in [-0.15, -0.1) is 0 Å². The van der Waals surface area contributed by atoms with Crippen molar-refractivity contribution in [3.8, 4) is 0 Å². The number of hydrogen-bond donors (Lipinski definition) is 2. The number of aliphatic hydroxyl groups excluding tert-OH is 1. The molecular weight excluding hydrogens is 262 g/mol. The fraction of sp³-hybridized carbons (Fsp3) is 0.278. The third-order valence-electron chi connectivity index (χ3n) is 4.22. The minimum atomic E-state index is -0.617. The van der Waals surface area contributed by atoms with E-state index in [1.807, 2.05) is 61.5 Å². The Balaban J connectivity index is 1.70. The number of amides is 1. The lowest BCUT2D eigenvalue weighted by molar-refractivity contribution is -0.123. The van der Waals surface area contributed by atoms with Gasteiger partial charge in [0.05, 0.1) is 18.1 Å². The van der Waals surface area contributed by atoms with Gasteiger partial charge in [0.1, 0.15) is 0 Å². The van der Waals surface area contributed by atoms with Gasteiger partial charge in [0, 0.05) is 0 Å². The number of hydrogen-bond acceptors (Lipinski definition) is 2. The molecular formula is C18H19NO2. The van der Waals surface area contributed by atoms with Crippen molar-refractivity contribution in [2.45, 2.75) is 31.4 Å². The number of aliphatic hydroxyl groups is 1. The average molecular weight is 281 g/mol. The summed E-state index contributed by atoms with van der Waals surface area (Å²) in [5.41, 5.74) is 3.03. The van der Waals surface area contributed by atoms with Gasteiger partial charge in [0.2, 0.25) is 5.91 Å². The molecule has 1 amide bonds. The van der Waals surface area contributed by atoms with Crippen LogP contribution in [-0.2, 0) is 11.2 Å². The molecule has 3 rings (SSSR count). The molecule has 2 aromatic carbocycles. The maximum atomic E-state index is 12.4. The standard InChI is InChI=1S/C18H19NO2/c1-12(13-7-3-2-4-8-13)18(21)19-16-11-14-9-5-6-10-15(14)17(16)20/h2-10,12,16-17,20H,11H2,1H3,(H,19,21)/t12-,16?,17?/m1/s1. The lowest BCUT2D eigenvalue weighted by Crippen LogP contribution is -2.40. The van der Waals surface area contributed by atoms with Crippen molar-refractivity contribution in [2.24, 2.45) is 0 Å². The summed E-state index contributed by atoms with van der Waals surface area (Å²) < 4.78 is 0. The predicted molar refractivity (Wildman–Crippen MR) is 81.9 cm³/mol. The van der Waals surface area contributed by atoms with Crippen molar-refractivity contribution in [1.29, 1.82) is 0 Å². The Hall–Kier alpha value is -2.13. The molecule has 0 spiro atoms. The van der Waals surface area contributed by atoms with Gasteiger partial charge >= 0.3 is 0 Å². The third kappa shape index (κ3) is 2.69. The predicted octanol–water partition coefficient (Wildman–Crippen LogP) is 2.56. The molecule has 2 N–H and O–H groups in total. The van der Waals surface area contributed by atoms with Gasteiger partial charge in [-0.25, -0.2) is 0 Å². The van der Waals surface area contributed by atoms with Gasteiger partial charge in [-0.1, -0.05) is 54.6 Å². The second-order valence-electron chi connectivity index (χ2n) is 5.60. The molecule has 108 valence electrons. The number of carbonyl (C=O) groups is 1. The molecule has 21 heavy (non-hydrogen) atoms. The van der Waals surface area contributed by atoms with Crippen LogP contribution in [0.4, 0.5) is 0 Å². The molecule has 3 atom stereocenters. The molecule has 0 aliphatic heterocycles. The van der Waals surface area contributed by atoms with Crippen LogP contribution >= 0.6 is 0 Å². The normalized spacial score (nSPS) is 21.6. The highest BCUT2D eigenvalue weighted by molar-refractivity contribution is 5.83. The first-order valence-electron chi connectivity index (χ1n) is 7.28. The van der Waals surface area contributed by atoms with E-state index in [0.29, 0.717) is 6.42 Å². The molecule has 0 aromatic heterocycles.